The van der Waals surface area contributed by atoms with E-state index in [1.54, 1.807) is 0 Å². The summed E-state index contributed by atoms with van der Waals surface area (Å²) in [6, 6.07) is 7.50. The molecule has 0 aliphatic rings. The monoisotopic (exact) mass is 324 g/mol. The second-order valence-corrected chi connectivity index (χ2v) is 5.43. The summed E-state index contributed by atoms with van der Waals surface area (Å²) in [7, 11) is 3.96. The lowest BCUT2D eigenvalue weighted by Gasteiger charge is -2.12. The molecule has 0 aromatic heterocycles. The van der Waals surface area contributed by atoms with Gasteiger partial charge in [0.25, 0.3) is 0 Å². The van der Waals surface area contributed by atoms with Crippen LogP contribution in [0, 0.1) is 4.91 Å². The maximum atomic E-state index is 11.8. The second kappa shape index (κ2) is 13.5. The molecule has 0 amide bonds. The van der Waals surface area contributed by atoms with E-state index in [9.17, 15) is 4.79 Å². The summed E-state index contributed by atoms with van der Waals surface area (Å²) in [5, 5.41) is 7.89. The lowest BCUT2D eigenvalue weighted by molar-refractivity contribution is 0.0497. The Labute approximate surface area is 138 Å². The molecule has 1 aromatic carbocycles. The fourth-order valence-electron chi connectivity index (χ4n) is 2.03. The zero-order chi connectivity index (χ0) is 17.5. The molecule has 6 heteroatoms. The number of esters is 1. The molecule has 130 valence electrons. The molecule has 1 N–H and O–H groups in total. The van der Waals surface area contributed by atoms with Crippen LogP contribution >= 0.6 is 0 Å². The van der Waals surface area contributed by atoms with Gasteiger partial charge in [-0.2, -0.15) is 0 Å². The van der Waals surface area contributed by atoms with Gasteiger partial charge in [0.2, 0.25) is 0 Å². The summed E-state index contributed by atoms with van der Waals surface area (Å²) < 4.78 is 5.28. The topological polar surface area (TPSA) is 79.2 Å². The van der Waals surface area contributed by atoms with Gasteiger partial charge in [0.1, 0.15) is 0 Å². The van der Waals surface area contributed by atoms with Crippen LogP contribution in [0.1, 0.15) is 55.8 Å². The van der Waals surface area contributed by atoms with Gasteiger partial charge in [-0.1, -0.05) is 39.0 Å². The number of nitrogens with zero attached hydrogens (tertiary/aromatic N) is 2. The van der Waals surface area contributed by atoms with Gasteiger partial charge < -0.3 is 14.8 Å². The number of carbonyl (C=O) groups is 1. The van der Waals surface area contributed by atoms with E-state index in [0.717, 1.165) is 18.5 Å². The third kappa shape index (κ3) is 10.3. The van der Waals surface area contributed by atoms with Gasteiger partial charge in [0, 0.05) is 19.8 Å². The van der Waals surface area contributed by atoms with Crippen molar-refractivity contribution in [1.82, 2.24) is 0 Å². The van der Waals surface area contributed by atoms with E-state index in [-0.39, 0.29) is 5.97 Å². The van der Waals surface area contributed by atoms with Crippen molar-refractivity contribution >= 4 is 11.7 Å². The van der Waals surface area contributed by atoms with Crippen LogP contribution in [0.4, 0.5) is 5.69 Å². The summed E-state index contributed by atoms with van der Waals surface area (Å²) in [5.74, 6) is -0.219. The lowest BCUT2D eigenvalue weighted by atomic mass is 10.1. The number of ether oxygens (including phenoxy) is 1. The Morgan fingerprint density at radius 3 is 2.13 bits per heavy atom. The van der Waals surface area contributed by atoms with Crippen LogP contribution in [0.5, 0.6) is 0 Å². The van der Waals surface area contributed by atoms with Crippen LogP contribution in [0.15, 0.2) is 29.6 Å². The first-order valence-electron chi connectivity index (χ1n) is 7.98. The third-order valence-electron chi connectivity index (χ3n) is 3.35. The maximum absolute atomic E-state index is 11.8. The molecule has 0 atom stereocenters. The van der Waals surface area contributed by atoms with E-state index in [1.807, 2.05) is 43.3 Å². The number of unbranched alkanes of at least 4 members (excludes halogenated alkanes) is 5. The lowest BCUT2D eigenvalue weighted by Crippen LogP contribution is -2.10. The molecule has 0 aliphatic carbocycles. The molecule has 0 saturated carbocycles. The molecule has 1 rings (SSSR count). The number of rotatable bonds is 9. The molecule has 1 aromatic rings. The fourth-order valence-corrected chi connectivity index (χ4v) is 2.03. The summed E-state index contributed by atoms with van der Waals surface area (Å²) in [6.07, 6.45) is 7.20. The minimum absolute atomic E-state index is 0.219. The minimum atomic E-state index is -0.219. The molecular weight excluding hydrogens is 296 g/mol. The predicted octanol–water partition coefficient (Wildman–Crippen LogP) is 4.41. The van der Waals surface area contributed by atoms with Crippen LogP contribution in [0.25, 0.3) is 0 Å². The highest BCUT2D eigenvalue weighted by Gasteiger charge is 2.06. The summed E-state index contributed by atoms with van der Waals surface area (Å²) in [5.41, 5.74) is 1.71. The van der Waals surface area contributed by atoms with E-state index >= 15 is 0 Å². The maximum Gasteiger partial charge on any atom is 0.338 e. The molecule has 6 nitrogen and oxygen atoms in total. The summed E-state index contributed by atoms with van der Waals surface area (Å²) >= 11 is 0. The first-order chi connectivity index (χ1) is 11.1. The van der Waals surface area contributed by atoms with E-state index in [4.69, 9.17) is 14.9 Å². The number of anilines is 1. The van der Waals surface area contributed by atoms with E-state index < -0.39 is 0 Å². The highest BCUT2D eigenvalue weighted by atomic mass is 16.6. The smallest absolute Gasteiger partial charge is 0.338 e. The van der Waals surface area contributed by atoms with Crippen molar-refractivity contribution in [3.8, 4) is 0 Å². The Morgan fingerprint density at radius 2 is 1.61 bits per heavy atom. The number of hydrogen-bond donors (Lipinski definition) is 1. The molecule has 0 spiro atoms. The molecule has 0 unspecified atom stereocenters. The van der Waals surface area contributed by atoms with E-state index in [2.05, 4.69) is 6.92 Å². The van der Waals surface area contributed by atoms with Crippen molar-refractivity contribution in [1.29, 1.82) is 0 Å². The van der Waals surface area contributed by atoms with Gasteiger partial charge >= 0.3 is 5.97 Å². The molecular formula is C17H28N2O4. The molecule has 0 saturated heterocycles. The average Bonchev–Trinajstić information content (AvgIpc) is 2.54. The van der Waals surface area contributed by atoms with Crippen LogP contribution in [-0.2, 0) is 4.74 Å². The summed E-state index contributed by atoms with van der Waals surface area (Å²) in [6.45, 7) is 2.74. The standard InChI is InChI=1S/C17H27NO2.HNO2/c1-4-5-6-7-8-9-14-20-17(19)15-10-12-16(13-11-15)18(2)3;2-1-3/h10-13H,4-9,14H2,1-3H3;(H,2,3). The molecule has 0 heterocycles. The van der Waals surface area contributed by atoms with Gasteiger partial charge in [0.15, 0.2) is 5.34 Å². The number of carbonyl (C=O) groups excluding carboxylic acids is 1. The number of hydrogen-bond acceptors (Lipinski definition) is 5. The Morgan fingerprint density at radius 1 is 1.09 bits per heavy atom. The largest absolute Gasteiger partial charge is 0.462 e. The van der Waals surface area contributed by atoms with E-state index in [0.29, 0.717) is 12.2 Å². The zero-order valence-corrected chi connectivity index (χ0v) is 14.3. The minimum Gasteiger partial charge on any atom is -0.462 e. The summed E-state index contributed by atoms with van der Waals surface area (Å²) in [4.78, 5) is 21.9. The highest BCUT2D eigenvalue weighted by Crippen LogP contribution is 2.13. The van der Waals surface area contributed by atoms with Crippen LogP contribution in [-0.4, -0.2) is 31.9 Å². The van der Waals surface area contributed by atoms with Gasteiger partial charge in [0.05, 0.1) is 12.2 Å². The second-order valence-electron chi connectivity index (χ2n) is 5.43. The van der Waals surface area contributed by atoms with Crippen molar-refractivity contribution in [3.63, 3.8) is 0 Å². The third-order valence-corrected chi connectivity index (χ3v) is 3.35. The van der Waals surface area contributed by atoms with Crippen LogP contribution in [0.2, 0.25) is 0 Å². The van der Waals surface area contributed by atoms with Gasteiger partial charge in [-0.3, -0.25) is 0 Å². The molecule has 0 aliphatic heterocycles. The highest BCUT2D eigenvalue weighted by molar-refractivity contribution is 5.89. The zero-order valence-electron chi connectivity index (χ0n) is 14.3. The first kappa shape index (κ1) is 20.9. The molecule has 0 radical (unpaired) electrons. The van der Waals surface area contributed by atoms with Gasteiger partial charge in [-0.05, 0) is 30.7 Å². The Hall–Kier alpha value is -2.11. The molecule has 0 fully saturated rings. The van der Waals surface area contributed by atoms with Gasteiger partial charge in [-0.25, -0.2) is 4.79 Å². The van der Waals surface area contributed by atoms with Crippen molar-refractivity contribution in [3.05, 3.63) is 34.7 Å². The number of benzene rings is 1. The van der Waals surface area contributed by atoms with Crippen LogP contribution in [0.3, 0.4) is 0 Å². The quantitative estimate of drug-likeness (QED) is 0.315. The Balaban J connectivity index is 0.00000149. The van der Waals surface area contributed by atoms with Crippen molar-refractivity contribution in [2.45, 2.75) is 45.4 Å². The average molecular weight is 324 g/mol. The molecule has 0 bridgehead atoms. The Kier molecular flexibility index (Phi) is 12.3. The van der Waals surface area contributed by atoms with Crippen molar-refractivity contribution in [2.75, 3.05) is 25.6 Å². The SMILES string of the molecule is CCCCCCCCOC(=O)c1ccc(N(C)C)cc1.O=NO. The van der Waals surface area contributed by atoms with E-state index in [1.165, 1.54) is 31.0 Å². The predicted molar refractivity (Wildman–Crippen MR) is 92.0 cm³/mol. The fraction of sp³-hybridized carbons (Fsp3) is 0.588. The Bertz CT molecular complexity index is 433. The normalized spacial score (nSPS) is 9.52. The van der Waals surface area contributed by atoms with Crippen LogP contribution < -0.4 is 4.90 Å². The van der Waals surface area contributed by atoms with Crippen molar-refractivity contribution < 1.29 is 14.7 Å². The first-order valence-corrected chi connectivity index (χ1v) is 7.98. The van der Waals surface area contributed by atoms with Gasteiger partial charge in [-0.15, -0.1) is 4.91 Å². The van der Waals surface area contributed by atoms with Crippen molar-refractivity contribution in [2.24, 2.45) is 5.34 Å². The molecule has 23 heavy (non-hydrogen) atoms.